The molecule has 4 aromatic rings. The lowest BCUT2D eigenvalue weighted by atomic mass is 10.2. The summed E-state index contributed by atoms with van der Waals surface area (Å²) in [5, 5.41) is 17.2. The Morgan fingerprint density at radius 2 is 1.87 bits per heavy atom. The number of nitrogens with zero attached hydrogens (tertiary/aromatic N) is 4. The average Bonchev–Trinajstić information content (AvgIpc) is 3.13. The molecule has 4 rings (SSSR count). The van der Waals surface area contributed by atoms with Crippen LogP contribution in [0.2, 0.25) is 0 Å². The third-order valence-corrected chi connectivity index (χ3v) is 4.66. The molecule has 0 aliphatic heterocycles. The smallest absolute Gasteiger partial charge is 0.319 e. The summed E-state index contributed by atoms with van der Waals surface area (Å²) in [4.78, 5) is 16.4. The van der Waals surface area contributed by atoms with E-state index >= 15 is 0 Å². The number of halogens is 1. The first-order valence-corrected chi connectivity index (χ1v) is 9.76. The Morgan fingerprint density at radius 1 is 1.07 bits per heavy atom. The van der Waals surface area contributed by atoms with E-state index in [1.165, 1.54) is 12.1 Å². The molecule has 0 atom stereocenters. The molecule has 8 nitrogen and oxygen atoms in total. The lowest BCUT2D eigenvalue weighted by Gasteiger charge is -2.10. The minimum atomic E-state index is -0.330. The van der Waals surface area contributed by atoms with Crippen molar-refractivity contribution in [3.05, 3.63) is 60.2 Å². The van der Waals surface area contributed by atoms with Crippen LogP contribution in [0.1, 0.15) is 18.7 Å². The number of nitrogens with one attached hydrogen (secondary N) is 3. The molecule has 0 aliphatic rings. The molecule has 0 aliphatic carbocycles. The van der Waals surface area contributed by atoms with Gasteiger partial charge in [-0.1, -0.05) is 18.2 Å². The van der Waals surface area contributed by atoms with Gasteiger partial charge < -0.3 is 16.0 Å². The van der Waals surface area contributed by atoms with Gasteiger partial charge in [0, 0.05) is 24.8 Å². The predicted octanol–water partition coefficient (Wildman–Crippen LogP) is 3.74. The predicted molar refractivity (Wildman–Crippen MR) is 114 cm³/mol. The number of rotatable bonds is 7. The summed E-state index contributed by atoms with van der Waals surface area (Å²) in [5.74, 6) is 0.937. The Balaban J connectivity index is 1.31. The molecule has 0 radical (unpaired) electrons. The van der Waals surface area contributed by atoms with Crippen molar-refractivity contribution in [1.82, 2.24) is 24.9 Å². The van der Waals surface area contributed by atoms with Gasteiger partial charge in [0.15, 0.2) is 5.82 Å². The van der Waals surface area contributed by atoms with E-state index in [-0.39, 0.29) is 11.8 Å². The maximum absolute atomic E-state index is 13.7. The summed E-state index contributed by atoms with van der Waals surface area (Å²) in [6, 6.07) is 13.5. The van der Waals surface area contributed by atoms with Crippen LogP contribution < -0.4 is 16.0 Å². The molecule has 0 spiro atoms. The van der Waals surface area contributed by atoms with Gasteiger partial charge in [0.25, 0.3) is 0 Å². The molecule has 3 N–H and O–H groups in total. The Kier molecular flexibility index (Phi) is 5.69. The molecular weight excluding hydrogens is 385 g/mol. The Morgan fingerprint density at radius 3 is 2.70 bits per heavy atom. The third-order valence-electron chi connectivity index (χ3n) is 4.66. The van der Waals surface area contributed by atoms with Gasteiger partial charge in [0.2, 0.25) is 5.65 Å². The number of carbonyl (C=O) groups excluding carboxylic acids is 1. The molecule has 30 heavy (non-hydrogen) atoms. The molecule has 2 heterocycles. The largest absolute Gasteiger partial charge is 0.367 e. The van der Waals surface area contributed by atoms with Crippen LogP contribution in [-0.4, -0.2) is 38.7 Å². The first-order chi connectivity index (χ1) is 14.6. The van der Waals surface area contributed by atoms with E-state index in [1.807, 2.05) is 37.3 Å². The molecule has 2 aromatic heterocycles. The zero-order valence-electron chi connectivity index (χ0n) is 16.5. The van der Waals surface area contributed by atoms with Crippen molar-refractivity contribution in [3.8, 4) is 0 Å². The summed E-state index contributed by atoms with van der Waals surface area (Å²) < 4.78 is 15.5. The minimum Gasteiger partial charge on any atom is -0.367 e. The van der Waals surface area contributed by atoms with Gasteiger partial charge in [0.05, 0.1) is 11.0 Å². The number of hydrogen-bond acceptors (Lipinski definition) is 5. The number of fused-ring (bicyclic) bond motifs is 3. The van der Waals surface area contributed by atoms with Crippen LogP contribution in [0.15, 0.2) is 48.5 Å². The molecule has 2 aromatic carbocycles. The fourth-order valence-electron chi connectivity index (χ4n) is 3.22. The van der Waals surface area contributed by atoms with Gasteiger partial charge in [-0.2, -0.15) is 0 Å². The van der Waals surface area contributed by atoms with E-state index in [0.29, 0.717) is 41.4 Å². The van der Waals surface area contributed by atoms with Crippen LogP contribution in [0.5, 0.6) is 0 Å². The number of para-hydroxylation sites is 1. The lowest BCUT2D eigenvalue weighted by Crippen LogP contribution is -2.29. The number of anilines is 2. The molecule has 0 saturated carbocycles. The normalized spacial score (nSPS) is 11.0. The Labute approximate surface area is 172 Å². The molecule has 0 fully saturated rings. The molecule has 9 heteroatoms. The minimum absolute atomic E-state index is 0.224. The summed E-state index contributed by atoms with van der Waals surface area (Å²) >= 11 is 0. The van der Waals surface area contributed by atoms with Crippen molar-refractivity contribution in [2.24, 2.45) is 0 Å². The van der Waals surface area contributed by atoms with E-state index in [9.17, 15) is 9.18 Å². The van der Waals surface area contributed by atoms with E-state index in [0.717, 1.165) is 18.5 Å². The first-order valence-electron chi connectivity index (χ1n) is 9.76. The van der Waals surface area contributed by atoms with Crippen LogP contribution >= 0.6 is 0 Å². The second-order valence-electron chi connectivity index (χ2n) is 6.88. The molecular formula is C21H22FN7O. The number of amides is 2. The monoisotopic (exact) mass is 407 g/mol. The van der Waals surface area contributed by atoms with Gasteiger partial charge in [0.1, 0.15) is 11.6 Å². The highest BCUT2D eigenvalue weighted by atomic mass is 19.1. The van der Waals surface area contributed by atoms with Gasteiger partial charge in [-0.05, 0) is 44.0 Å². The van der Waals surface area contributed by atoms with Crippen LogP contribution in [0.25, 0.3) is 16.7 Å². The first kappa shape index (κ1) is 19.6. The van der Waals surface area contributed by atoms with E-state index in [4.69, 9.17) is 0 Å². The van der Waals surface area contributed by atoms with Crippen molar-refractivity contribution in [3.63, 3.8) is 0 Å². The average molecular weight is 407 g/mol. The Hall–Kier alpha value is -3.75. The standard InChI is InChI=1S/C21H22FN7O/c1-14-27-28-20-19(26-17-10-9-15(22)13-18(17)29(14)20)23-11-5-6-12-24-21(30)25-16-7-3-2-4-8-16/h2-4,7-10,13H,5-6,11-12H2,1H3,(H,23,26)(H2,24,25,30). The van der Waals surface area contributed by atoms with Crippen molar-refractivity contribution >= 4 is 34.2 Å². The van der Waals surface area contributed by atoms with Crippen LogP contribution in [-0.2, 0) is 0 Å². The number of aromatic nitrogens is 4. The fourth-order valence-corrected chi connectivity index (χ4v) is 3.22. The zero-order valence-corrected chi connectivity index (χ0v) is 16.5. The van der Waals surface area contributed by atoms with Crippen molar-refractivity contribution < 1.29 is 9.18 Å². The maximum atomic E-state index is 13.7. The second kappa shape index (κ2) is 8.73. The number of aryl methyl sites for hydroxylation is 1. The summed E-state index contributed by atoms with van der Waals surface area (Å²) in [7, 11) is 0. The van der Waals surface area contributed by atoms with Crippen molar-refractivity contribution in [2.45, 2.75) is 19.8 Å². The summed E-state index contributed by atoms with van der Waals surface area (Å²) in [6.45, 7) is 3.04. The topological polar surface area (TPSA) is 96.2 Å². The van der Waals surface area contributed by atoms with E-state index in [2.05, 4.69) is 31.1 Å². The number of benzene rings is 2. The highest BCUT2D eigenvalue weighted by Crippen LogP contribution is 2.22. The van der Waals surface area contributed by atoms with Crippen LogP contribution in [0, 0.1) is 12.7 Å². The molecule has 0 unspecified atom stereocenters. The van der Waals surface area contributed by atoms with E-state index in [1.54, 1.807) is 10.5 Å². The van der Waals surface area contributed by atoms with Gasteiger partial charge in [-0.3, -0.25) is 4.40 Å². The number of carbonyl (C=O) groups is 1. The molecule has 0 bridgehead atoms. The zero-order chi connectivity index (χ0) is 20.9. The van der Waals surface area contributed by atoms with Crippen LogP contribution in [0.3, 0.4) is 0 Å². The number of hydrogen-bond donors (Lipinski definition) is 3. The number of unbranched alkanes of at least 4 members (excludes halogenated alkanes) is 1. The fraction of sp³-hybridized carbons (Fsp3) is 0.238. The summed E-state index contributed by atoms with van der Waals surface area (Å²) in [5.41, 5.74) is 2.61. The third kappa shape index (κ3) is 4.29. The van der Waals surface area contributed by atoms with Gasteiger partial charge in [-0.15, -0.1) is 10.2 Å². The van der Waals surface area contributed by atoms with Crippen molar-refractivity contribution in [1.29, 1.82) is 0 Å². The quantitative estimate of drug-likeness (QED) is 0.406. The maximum Gasteiger partial charge on any atom is 0.319 e. The van der Waals surface area contributed by atoms with Crippen LogP contribution in [0.4, 0.5) is 20.7 Å². The lowest BCUT2D eigenvalue weighted by molar-refractivity contribution is 0.252. The van der Waals surface area contributed by atoms with Gasteiger partial charge in [-0.25, -0.2) is 14.2 Å². The SMILES string of the molecule is Cc1nnc2c(NCCCCNC(=O)Nc3ccccc3)nc3ccc(F)cc3n12. The molecule has 0 saturated heterocycles. The Bertz CT molecular complexity index is 1180. The van der Waals surface area contributed by atoms with Gasteiger partial charge >= 0.3 is 6.03 Å². The van der Waals surface area contributed by atoms with E-state index < -0.39 is 0 Å². The number of urea groups is 1. The highest BCUT2D eigenvalue weighted by molar-refractivity contribution is 5.89. The summed E-state index contributed by atoms with van der Waals surface area (Å²) in [6.07, 6.45) is 1.63. The van der Waals surface area contributed by atoms with Crippen molar-refractivity contribution in [2.75, 3.05) is 23.7 Å². The molecule has 154 valence electrons. The molecule has 2 amide bonds. The highest BCUT2D eigenvalue weighted by Gasteiger charge is 2.13. The second-order valence-corrected chi connectivity index (χ2v) is 6.88.